The zero-order valence-electron chi connectivity index (χ0n) is 13.2. The fraction of sp³-hybridized carbons (Fsp3) is 0.933. The molecule has 0 aliphatic carbocycles. The van der Waals surface area contributed by atoms with Gasteiger partial charge in [-0.15, -0.1) is 0 Å². The Morgan fingerprint density at radius 1 is 1.15 bits per heavy atom. The summed E-state index contributed by atoms with van der Waals surface area (Å²) in [5, 5.41) is 3.40. The lowest BCUT2D eigenvalue weighted by atomic mass is 10.0. The van der Waals surface area contributed by atoms with E-state index in [1.807, 2.05) is 20.8 Å². The SMILES string of the molecule is CC(C)(C)OC(=O)CN1CCC(N2CCNCC2)CC1. The number of hydrogen-bond donors (Lipinski definition) is 1. The zero-order valence-corrected chi connectivity index (χ0v) is 13.2. The molecule has 2 saturated heterocycles. The minimum absolute atomic E-state index is 0.0990. The highest BCUT2D eigenvalue weighted by molar-refractivity contribution is 5.72. The van der Waals surface area contributed by atoms with Crippen LogP contribution in [0.1, 0.15) is 33.6 Å². The maximum atomic E-state index is 11.8. The molecule has 116 valence electrons. The number of rotatable bonds is 3. The van der Waals surface area contributed by atoms with Gasteiger partial charge in [0.2, 0.25) is 0 Å². The third-order valence-corrected chi connectivity index (χ3v) is 4.00. The summed E-state index contributed by atoms with van der Waals surface area (Å²) in [5.41, 5.74) is -0.379. The van der Waals surface area contributed by atoms with Gasteiger partial charge in [-0.2, -0.15) is 0 Å². The molecule has 2 heterocycles. The van der Waals surface area contributed by atoms with Gasteiger partial charge in [0, 0.05) is 45.3 Å². The first-order valence-corrected chi connectivity index (χ1v) is 7.83. The highest BCUT2D eigenvalue weighted by atomic mass is 16.6. The van der Waals surface area contributed by atoms with Crippen LogP contribution in [0.5, 0.6) is 0 Å². The van der Waals surface area contributed by atoms with Gasteiger partial charge in [-0.1, -0.05) is 0 Å². The molecule has 0 radical (unpaired) electrons. The first-order chi connectivity index (χ1) is 9.44. The molecule has 2 aliphatic heterocycles. The second kappa shape index (κ2) is 6.87. The van der Waals surface area contributed by atoms with Gasteiger partial charge in [0.15, 0.2) is 0 Å². The number of carbonyl (C=O) groups excluding carboxylic acids is 1. The molecule has 0 bridgehead atoms. The normalized spacial score (nSPS) is 23.8. The van der Waals surface area contributed by atoms with E-state index in [9.17, 15) is 4.79 Å². The van der Waals surface area contributed by atoms with Gasteiger partial charge < -0.3 is 10.1 Å². The summed E-state index contributed by atoms with van der Waals surface area (Å²) in [7, 11) is 0. The largest absolute Gasteiger partial charge is 0.459 e. The first-order valence-electron chi connectivity index (χ1n) is 7.83. The molecule has 0 saturated carbocycles. The molecule has 1 N–H and O–H groups in total. The van der Waals surface area contributed by atoms with Gasteiger partial charge in [-0.05, 0) is 33.6 Å². The number of piperidine rings is 1. The molecular weight excluding hydrogens is 254 g/mol. The quantitative estimate of drug-likeness (QED) is 0.773. The van der Waals surface area contributed by atoms with Crippen molar-refractivity contribution in [2.24, 2.45) is 0 Å². The second-order valence-electron chi connectivity index (χ2n) is 6.88. The lowest BCUT2D eigenvalue weighted by Crippen LogP contribution is -2.52. The fourth-order valence-corrected chi connectivity index (χ4v) is 3.05. The van der Waals surface area contributed by atoms with Gasteiger partial charge in [-0.3, -0.25) is 14.6 Å². The highest BCUT2D eigenvalue weighted by Crippen LogP contribution is 2.17. The highest BCUT2D eigenvalue weighted by Gasteiger charge is 2.27. The molecular formula is C15H29N3O2. The Labute approximate surface area is 122 Å². The van der Waals surface area contributed by atoms with E-state index < -0.39 is 0 Å². The number of carbonyl (C=O) groups is 1. The van der Waals surface area contributed by atoms with Crippen LogP contribution in [0.25, 0.3) is 0 Å². The van der Waals surface area contributed by atoms with Crippen LogP contribution in [0.15, 0.2) is 0 Å². The zero-order chi connectivity index (χ0) is 14.6. The Balaban J connectivity index is 1.70. The average Bonchev–Trinajstić information content (AvgIpc) is 2.38. The van der Waals surface area contributed by atoms with Crippen molar-refractivity contribution >= 4 is 5.97 Å². The lowest BCUT2D eigenvalue weighted by Gasteiger charge is -2.40. The molecule has 0 atom stereocenters. The number of esters is 1. The minimum Gasteiger partial charge on any atom is -0.459 e. The molecule has 20 heavy (non-hydrogen) atoms. The molecule has 2 aliphatic rings. The van der Waals surface area contributed by atoms with Crippen molar-refractivity contribution in [3.8, 4) is 0 Å². The maximum Gasteiger partial charge on any atom is 0.320 e. The summed E-state index contributed by atoms with van der Waals surface area (Å²) in [4.78, 5) is 16.7. The first kappa shape index (κ1) is 15.7. The lowest BCUT2D eigenvalue weighted by molar-refractivity contribution is -0.156. The summed E-state index contributed by atoms with van der Waals surface area (Å²) < 4.78 is 5.38. The molecule has 2 fully saturated rings. The fourth-order valence-electron chi connectivity index (χ4n) is 3.05. The number of ether oxygens (including phenoxy) is 1. The Bertz CT molecular complexity index is 314. The predicted octanol–water partition coefficient (Wildman–Crippen LogP) is 0.698. The van der Waals surface area contributed by atoms with Crippen molar-refractivity contribution < 1.29 is 9.53 Å². The molecule has 0 unspecified atom stereocenters. The summed E-state index contributed by atoms with van der Waals surface area (Å²) in [5.74, 6) is -0.0990. The second-order valence-corrected chi connectivity index (χ2v) is 6.88. The summed E-state index contributed by atoms with van der Waals surface area (Å²) in [6, 6.07) is 0.701. The third-order valence-electron chi connectivity index (χ3n) is 4.00. The third kappa shape index (κ3) is 5.04. The van der Waals surface area contributed by atoms with E-state index in [1.165, 1.54) is 12.8 Å². The van der Waals surface area contributed by atoms with E-state index in [4.69, 9.17) is 4.74 Å². The van der Waals surface area contributed by atoms with Crippen molar-refractivity contribution in [1.29, 1.82) is 0 Å². The molecule has 0 aromatic carbocycles. The minimum atomic E-state index is -0.379. The summed E-state index contributed by atoms with van der Waals surface area (Å²) in [6.07, 6.45) is 2.34. The number of piperazine rings is 1. The predicted molar refractivity (Wildman–Crippen MR) is 79.7 cm³/mol. The van der Waals surface area contributed by atoms with Gasteiger partial charge in [0.05, 0.1) is 6.54 Å². The standard InChI is InChI=1S/C15H29N3O2/c1-15(2,3)20-14(19)12-17-8-4-13(5-9-17)18-10-6-16-7-11-18/h13,16H,4-12H2,1-3H3. The van der Waals surface area contributed by atoms with E-state index in [0.29, 0.717) is 12.6 Å². The topological polar surface area (TPSA) is 44.8 Å². The molecule has 0 aromatic rings. The smallest absolute Gasteiger partial charge is 0.320 e. The molecule has 0 amide bonds. The van der Waals surface area contributed by atoms with Gasteiger partial charge in [0.25, 0.3) is 0 Å². The summed E-state index contributed by atoms with van der Waals surface area (Å²) >= 11 is 0. The summed E-state index contributed by atoms with van der Waals surface area (Å²) in [6.45, 7) is 12.8. The number of nitrogens with one attached hydrogen (secondary N) is 1. The van der Waals surface area contributed by atoms with Crippen molar-refractivity contribution in [3.05, 3.63) is 0 Å². The Morgan fingerprint density at radius 3 is 2.30 bits per heavy atom. The van der Waals surface area contributed by atoms with Crippen LogP contribution in [0.2, 0.25) is 0 Å². The average molecular weight is 283 g/mol. The van der Waals surface area contributed by atoms with E-state index in [0.717, 1.165) is 39.3 Å². The molecule has 5 nitrogen and oxygen atoms in total. The van der Waals surface area contributed by atoms with Gasteiger partial charge in [0.1, 0.15) is 5.60 Å². The van der Waals surface area contributed by atoms with Crippen LogP contribution in [-0.2, 0) is 9.53 Å². The van der Waals surface area contributed by atoms with Gasteiger partial charge >= 0.3 is 5.97 Å². The maximum absolute atomic E-state index is 11.8. The van der Waals surface area contributed by atoms with Crippen molar-refractivity contribution in [2.45, 2.75) is 45.3 Å². The Kier molecular flexibility index (Phi) is 5.41. The van der Waals surface area contributed by atoms with Crippen molar-refractivity contribution in [2.75, 3.05) is 45.8 Å². The van der Waals surface area contributed by atoms with Crippen molar-refractivity contribution in [1.82, 2.24) is 15.1 Å². The van der Waals surface area contributed by atoms with Crippen LogP contribution >= 0.6 is 0 Å². The van der Waals surface area contributed by atoms with Crippen LogP contribution in [0.4, 0.5) is 0 Å². The van der Waals surface area contributed by atoms with E-state index >= 15 is 0 Å². The van der Waals surface area contributed by atoms with Crippen LogP contribution in [0, 0.1) is 0 Å². The van der Waals surface area contributed by atoms with Crippen molar-refractivity contribution in [3.63, 3.8) is 0 Å². The monoisotopic (exact) mass is 283 g/mol. The Morgan fingerprint density at radius 2 is 1.75 bits per heavy atom. The number of hydrogen-bond acceptors (Lipinski definition) is 5. The van der Waals surface area contributed by atoms with E-state index in [1.54, 1.807) is 0 Å². The molecule has 5 heteroatoms. The van der Waals surface area contributed by atoms with Crippen LogP contribution < -0.4 is 5.32 Å². The van der Waals surface area contributed by atoms with E-state index in [-0.39, 0.29) is 11.6 Å². The molecule has 0 spiro atoms. The Hall–Kier alpha value is -0.650. The number of nitrogens with zero attached hydrogens (tertiary/aromatic N) is 2. The van der Waals surface area contributed by atoms with Crippen LogP contribution in [0.3, 0.4) is 0 Å². The number of likely N-dealkylation sites (tertiary alicyclic amines) is 1. The van der Waals surface area contributed by atoms with Gasteiger partial charge in [-0.25, -0.2) is 0 Å². The van der Waals surface area contributed by atoms with Crippen LogP contribution in [-0.4, -0.2) is 73.2 Å². The van der Waals surface area contributed by atoms with E-state index in [2.05, 4.69) is 15.1 Å². The molecule has 0 aromatic heterocycles. The molecule has 2 rings (SSSR count).